The molecule has 1 fully saturated rings. The van der Waals surface area contributed by atoms with E-state index in [-0.39, 0.29) is 5.91 Å². The first kappa shape index (κ1) is 18.0. The number of aromatic nitrogens is 3. The molecule has 1 heterocycles. The Kier molecular flexibility index (Phi) is 5.47. The molecule has 1 saturated carbocycles. The van der Waals surface area contributed by atoms with Crippen molar-refractivity contribution in [2.75, 3.05) is 11.1 Å². The van der Waals surface area contributed by atoms with Crippen LogP contribution < -0.4 is 5.32 Å². The second kappa shape index (κ2) is 7.60. The highest BCUT2D eigenvalue weighted by Gasteiger charge is 2.31. The smallest absolute Gasteiger partial charge is 0.234 e. The third-order valence-corrected chi connectivity index (χ3v) is 5.29. The standard InChI is InChI=1S/C19H26N4OS/c1-12(2)14-7-9-16(10-8-14)20-17(24)11-25-19-22-21-18(15-5-6-15)23(19)13(3)4/h7-10,12-13,15H,5-6,11H2,1-4H3,(H,20,24). The van der Waals surface area contributed by atoms with E-state index in [2.05, 4.69) is 59.9 Å². The maximum atomic E-state index is 12.2. The van der Waals surface area contributed by atoms with Gasteiger partial charge >= 0.3 is 0 Å². The van der Waals surface area contributed by atoms with E-state index in [9.17, 15) is 4.79 Å². The lowest BCUT2D eigenvalue weighted by Gasteiger charge is -2.13. The average Bonchev–Trinajstić information content (AvgIpc) is 3.32. The Bertz CT molecular complexity index is 732. The van der Waals surface area contributed by atoms with E-state index in [1.807, 2.05) is 12.1 Å². The van der Waals surface area contributed by atoms with E-state index in [0.29, 0.717) is 23.6 Å². The Morgan fingerprint density at radius 1 is 1.20 bits per heavy atom. The van der Waals surface area contributed by atoms with Gasteiger partial charge in [-0.05, 0) is 50.3 Å². The number of hydrogen-bond donors (Lipinski definition) is 1. The van der Waals surface area contributed by atoms with Gasteiger partial charge in [-0.1, -0.05) is 37.7 Å². The molecule has 1 aromatic carbocycles. The highest BCUT2D eigenvalue weighted by molar-refractivity contribution is 7.99. The summed E-state index contributed by atoms with van der Waals surface area (Å²) < 4.78 is 2.17. The van der Waals surface area contributed by atoms with E-state index < -0.39 is 0 Å². The van der Waals surface area contributed by atoms with Gasteiger partial charge in [0.2, 0.25) is 5.91 Å². The van der Waals surface area contributed by atoms with Crippen molar-refractivity contribution in [3.8, 4) is 0 Å². The van der Waals surface area contributed by atoms with Crippen LogP contribution in [-0.4, -0.2) is 26.4 Å². The predicted octanol–water partition coefficient (Wildman–Crippen LogP) is 4.59. The highest BCUT2D eigenvalue weighted by atomic mass is 32.2. The van der Waals surface area contributed by atoms with Gasteiger partial charge in [0.1, 0.15) is 5.82 Å². The van der Waals surface area contributed by atoms with Crippen molar-refractivity contribution in [3.05, 3.63) is 35.7 Å². The third kappa shape index (κ3) is 4.42. The number of thioether (sulfide) groups is 1. The second-order valence-corrected chi connectivity index (χ2v) is 8.13. The van der Waals surface area contributed by atoms with Crippen LogP contribution in [0, 0.1) is 0 Å². The largest absolute Gasteiger partial charge is 0.325 e. The van der Waals surface area contributed by atoms with E-state index in [1.54, 1.807) is 0 Å². The van der Waals surface area contributed by atoms with Crippen LogP contribution in [-0.2, 0) is 4.79 Å². The Hall–Kier alpha value is -1.82. The molecule has 0 bridgehead atoms. The van der Waals surface area contributed by atoms with E-state index >= 15 is 0 Å². The first-order valence-corrected chi connectivity index (χ1v) is 9.91. The predicted molar refractivity (Wildman–Crippen MR) is 102 cm³/mol. The first-order chi connectivity index (χ1) is 12.0. The van der Waals surface area contributed by atoms with Crippen LogP contribution in [0.2, 0.25) is 0 Å². The van der Waals surface area contributed by atoms with Gasteiger partial charge < -0.3 is 9.88 Å². The molecule has 5 nitrogen and oxygen atoms in total. The number of carbonyl (C=O) groups excluding carboxylic acids is 1. The zero-order valence-corrected chi connectivity index (χ0v) is 16.1. The summed E-state index contributed by atoms with van der Waals surface area (Å²) in [4.78, 5) is 12.2. The number of nitrogens with one attached hydrogen (secondary N) is 1. The molecule has 25 heavy (non-hydrogen) atoms. The van der Waals surface area contributed by atoms with Crippen molar-refractivity contribution in [3.63, 3.8) is 0 Å². The molecule has 3 rings (SSSR count). The molecule has 6 heteroatoms. The fraction of sp³-hybridized carbons (Fsp3) is 0.526. The van der Waals surface area contributed by atoms with Gasteiger partial charge in [0.25, 0.3) is 0 Å². The lowest BCUT2D eigenvalue weighted by molar-refractivity contribution is -0.113. The summed E-state index contributed by atoms with van der Waals surface area (Å²) in [6.45, 7) is 8.58. The normalized spacial score (nSPS) is 14.3. The van der Waals surface area contributed by atoms with Gasteiger partial charge in [-0.2, -0.15) is 0 Å². The summed E-state index contributed by atoms with van der Waals surface area (Å²) in [5.41, 5.74) is 2.10. The monoisotopic (exact) mass is 358 g/mol. The maximum Gasteiger partial charge on any atom is 0.234 e. The molecular formula is C19H26N4OS. The molecule has 1 aliphatic rings. The number of nitrogens with zero attached hydrogens (tertiary/aromatic N) is 3. The van der Waals surface area contributed by atoms with Crippen LogP contribution in [0.3, 0.4) is 0 Å². The summed E-state index contributed by atoms with van der Waals surface area (Å²) in [5, 5.41) is 12.4. The maximum absolute atomic E-state index is 12.2. The van der Waals surface area contributed by atoms with Crippen LogP contribution in [0.25, 0.3) is 0 Å². The molecule has 0 unspecified atom stereocenters. The fourth-order valence-electron chi connectivity index (χ4n) is 2.77. The summed E-state index contributed by atoms with van der Waals surface area (Å²) in [6.07, 6.45) is 2.39. The van der Waals surface area contributed by atoms with Crippen molar-refractivity contribution < 1.29 is 4.79 Å². The number of rotatable bonds is 7. The lowest BCUT2D eigenvalue weighted by Crippen LogP contribution is -2.15. The molecule has 1 amide bonds. The van der Waals surface area contributed by atoms with E-state index in [1.165, 1.54) is 30.2 Å². The molecule has 2 aromatic rings. The molecular weight excluding hydrogens is 332 g/mol. The topological polar surface area (TPSA) is 59.8 Å². The lowest BCUT2D eigenvalue weighted by atomic mass is 10.0. The van der Waals surface area contributed by atoms with Crippen molar-refractivity contribution >= 4 is 23.4 Å². The van der Waals surface area contributed by atoms with Gasteiger partial charge in [0, 0.05) is 17.6 Å². The quantitative estimate of drug-likeness (QED) is 0.735. The van der Waals surface area contributed by atoms with Crippen molar-refractivity contribution in [2.24, 2.45) is 0 Å². The SMILES string of the molecule is CC(C)c1ccc(NC(=O)CSc2nnc(C3CC3)n2C(C)C)cc1. The summed E-state index contributed by atoms with van der Waals surface area (Å²) in [7, 11) is 0. The first-order valence-electron chi connectivity index (χ1n) is 8.93. The van der Waals surface area contributed by atoms with Crippen LogP contribution in [0.4, 0.5) is 5.69 Å². The molecule has 0 atom stereocenters. The highest BCUT2D eigenvalue weighted by Crippen LogP contribution is 2.41. The minimum absolute atomic E-state index is 0.0198. The third-order valence-electron chi connectivity index (χ3n) is 4.34. The van der Waals surface area contributed by atoms with Gasteiger partial charge in [0.15, 0.2) is 5.16 Å². The average molecular weight is 359 g/mol. The molecule has 0 aliphatic heterocycles. The van der Waals surface area contributed by atoms with E-state index in [4.69, 9.17) is 0 Å². The molecule has 0 saturated heterocycles. The zero-order chi connectivity index (χ0) is 18.0. The minimum atomic E-state index is -0.0198. The Morgan fingerprint density at radius 3 is 2.44 bits per heavy atom. The Labute approximate surface area is 153 Å². The molecule has 0 spiro atoms. The molecule has 1 aliphatic carbocycles. The van der Waals surface area contributed by atoms with Gasteiger partial charge in [0.05, 0.1) is 5.75 Å². The molecule has 0 radical (unpaired) electrons. The summed E-state index contributed by atoms with van der Waals surface area (Å²) >= 11 is 1.45. The fourth-order valence-corrected chi connectivity index (χ4v) is 3.64. The molecule has 1 N–H and O–H groups in total. The van der Waals surface area contributed by atoms with Crippen molar-refractivity contribution in [2.45, 2.75) is 63.6 Å². The number of amides is 1. The molecule has 1 aromatic heterocycles. The minimum Gasteiger partial charge on any atom is -0.325 e. The van der Waals surface area contributed by atoms with Crippen LogP contribution in [0.1, 0.15) is 69.8 Å². The Balaban J connectivity index is 1.59. The van der Waals surface area contributed by atoms with Gasteiger partial charge in [-0.3, -0.25) is 4.79 Å². The van der Waals surface area contributed by atoms with Gasteiger partial charge in [-0.15, -0.1) is 10.2 Å². The number of hydrogen-bond acceptors (Lipinski definition) is 4. The number of anilines is 1. The van der Waals surface area contributed by atoms with E-state index in [0.717, 1.165) is 16.7 Å². The van der Waals surface area contributed by atoms with Crippen LogP contribution in [0.5, 0.6) is 0 Å². The number of benzene rings is 1. The summed E-state index contributed by atoms with van der Waals surface area (Å²) in [6, 6.07) is 8.34. The zero-order valence-electron chi connectivity index (χ0n) is 15.3. The number of carbonyl (C=O) groups is 1. The van der Waals surface area contributed by atoms with Crippen molar-refractivity contribution in [1.82, 2.24) is 14.8 Å². The Morgan fingerprint density at radius 2 is 1.88 bits per heavy atom. The van der Waals surface area contributed by atoms with Crippen molar-refractivity contribution in [1.29, 1.82) is 0 Å². The molecule has 134 valence electrons. The second-order valence-electron chi connectivity index (χ2n) is 7.19. The van der Waals surface area contributed by atoms with Gasteiger partial charge in [-0.25, -0.2) is 0 Å². The van der Waals surface area contributed by atoms with Crippen LogP contribution in [0.15, 0.2) is 29.4 Å². The summed E-state index contributed by atoms with van der Waals surface area (Å²) in [5.74, 6) is 2.43. The van der Waals surface area contributed by atoms with Crippen LogP contribution >= 0.6 is 11.8 Å².